The summed E-state index contributed by atoms with van der Waals surface area (Å²) in [5.41, 5.74) is 0.530. The fourth-order valence-electron chi connectivity index (χ4n) is 3.48. The lowest BCUT2D eigenvalue weighted by Crippen LogP contribution is -2.32. The van der Waals surface area contributed by atoms with Crippen LogP contribution in [0.1, 0.15) is 12.8 Å². The van der Waals surface area contributed by atoms with E-state index >= 15 is 0 Å². The Morgan fingerprint density at radius 3 is 2.80 bits per heavy atom. The molecule has 0 N–H and O–H groups in total. The zero-order valence-electron chi connectivity index (χ0n) is 17.1. The molecule has 1 atom stereocenters. The average molecular weight is 408 g/mol. The molecule has 156 valence electrons. The number of aryl methyl sites for hydroxylation is 1. The molecule has 0 aliphatic carbocycles. The topological polar surface area (TPSA) is 93.5 Å². The van der Waals surface area contributed by atoms with Crippen molar-refractivity contribution in [1.82, 2.24) is 24.6 Å². The molecule has 2 aromatic heterocycles. The molecule has 0 radical (unpaired) electrons. The Bertz CT molecular complexity index is 1100. The second-order valence-corrected chi connectivity index (χ2v) is 7.50. The molecule has 0 bridgehead atoms. The SMILES string of the molecule is CN(C)c1ccc(OC2CCN(C(=O)CCn3cnc4ccccc4c3=O)C2)nn1. The molecule has 1 aliphatic heterocycles. The van der Waals surface area contributed by atoms with Gasteiger partial charge in [-0.05, 0) is 18.2 Å². The van der Waals surface area contributed by atoms with E-state index in [1.165, 1.54) is 10.9 Å². The fourth-order valence-corrected chi connectivity index (χ4v) is 3.48. The molecular weight excluding hydrogens is 384 g/mol. The molecule has 1 saturated heterocycles. The van der Waals surface area contributed by atoms with Gasteiger partial charge in [0.2, 0.25) is 11.8 Å². The van der Waals surface area contributed by atoms with Crippen molar-refractivity contribution in [3.8, 4) is 5.88 Å². The van der Waals surface area contributed by atoms with Crippen LogP contribution >= 0.6 is 0 Å². The van der Waals surface area contributed by atoms with Gasteiger partial charge in [0, 0.05) is 46.1 Å². The number of benzene rings is 1. The van der Waals surface area contributed by atoms with Crippen molar-refractivity contribution < 1.29 is 9.53 Å². The Labute approximate surface area is 173 Å². The van der Waals surface area contributed by atoms with Crippen molar-refractivity contribution in [3.05, 3.63) is 53.1 Å². The highest BCUT2D eigenvalue weighted by molar-refractivity contribution is 5.77. The van der Waals surface area contributed by atoms with E-state index < -0.39 is 0 Å². The van der Waals surface area contributed by atoms with Crippen LogP contribution in [0, 0.1) is 0 Å². The molecule has 4 rings (SSSR count). The first-order chi connectivity index (χ1) is 14.5. The maximum absolute atomic E-state index is 12.6. The van der Waals surface area contributed by atoms with Gasteiger partial charge in [-0.1, -0.05) is 12.1 Å². The van der Waals surface area contributed by atoms with Crippen LogP contribution < -0.4 is 15.2 Å². The number of carbonyl (C=O) groups excluding carboxylic acids is 1. The van der Waals surface area contributed by atoms with Crippen molar-refractivity contribution in [2.45, 2.75) is 25.5 Å². The first kappa shape index (κ1) is 19.8. The molecule has 0 spiro atoms. The number of hydrogen-bond acceptors (Lipinski definition) is 7. The molecule has 3 aromatic rings. The van der Waals surface area contributed by atoms with E-state index in [2.05, 4.69) is 15.2 Å². The summed E-state index contributed by atoms with van der Waals surface area (Å²) in [4.78, 5) is 33.1. The van der Waals surface area contributed by atoms with Crippen LogP contribution in [0.4, 0.5) is 5.82 Å². The maximum Gasteiger partial charge on any atom is 0.261 e. The second kappa shape index (κ2) is 8.48. The highest BCUT2D eigenvalue weighted by atomic mass is 16.5. The number of amides is 1. The van der Waals surface area contributed by atoms with Crippen LogP contribution in [0.15, 0.2) is 47.5 Å². The highest BCUT2D eigenvalue weighted by Crippen LogP contribution is 2.18. The summed E-state index contributed by atoms with van der Waals surface area (Å²) in [5, 5.41) is 8.74. The largest absolute Gasteiger partial charge is 0.471 e. The minimum atomic E-state index is -0.129. The molecule has 1 amide bonds. The van der Waals surface area contributed by atoms with Crippen molar-refractivity contribution in [2.24, 2.45) is 0 Å². The third-order valence-corrected chi connectivity index (χ3v) is 5.17. The summed E-state index contributed by atoms with van der Waals surface area (Å²) in [5.74, 6) is 1.20. The van der Waals surface area contributed by atoms with Crippen molar-refractivity contribution in [3.63, 3.8) is 0 Å². The van der Waals surface area contributed by atoms with Gasteiger partial charge in [0.05, 0.1) is 23.8 Å². The maximum atomic E-state index is 12.6. The molecular formula is C21H24N6O3. The van der Waals surface area contributed by atoms with E-state index in [4.69, 9.17) is 4.74 Å². The quantitative estimate of drug-likeness (QED) is 0.607. The molecule has 0 saturated carbocycles. The normalized spacial score (nSPS) is 16.1. The van der Waals surface area contributed by atoms with Crippen molar-refractivity contribution >= 4 is 22.6 Å². The summed E-state index contributed by atoms with van der Waals surface area (Å²) >= 11 is 0. The zero-order chi connectivity index (χ0) is 21.1. The van der Waals surface area contributed by atoms with Crippen molar-refractivity contribution in [1.29, 1.82) is 0 Å². The lowest BCUT2D eigenvalue weighted by Gasteiger charge is -2.17. The van der Waals surface area contributed by atoms with Crippen LogP contribution in [0.25, 0.3) is 10.9 Å². The molecule has 9 heteroatoms. The average Bonchev–Trinajstić information content (AvgIpc) is 3.22. The first-order valence-electron chi connectivity index (χ1n) is 9.91. The van der Waals surface area contributed by atoms with E-state index in [0.29, 0.717) is 36.4 Å². The smallest absolute Gasteiger partial charge is 0.261 e. The number of anilines is 1. The lowest BCUT2D eigenvalue weighted by molar-refractivity contribution is -0.130. The lowest BCUT2D eigenvalue weighted by atomic mass is 10.2. The predicted molar refractivity (Wildman–Crippen MR) is 113 cm³/mol. The van der Waals surface area contributed by atoms with Crippen LogP contribution in [0.3, 0.4) is 0 Å². The summed E-state index contributed by atoms with van der Waals surface area (Å²) in [6.45, 7) is 1.42. The number of ether oxygens (including phenoxy) is 1. The fraction of sp³-hybridized carbons (Fsp3) is 0.381. The summed E-state index contributed by atoms with van der Waals surface area (Å²) < 4.78 is 7.36. The van der Waals surface area contributed by atoms with Crippen LogP contribution in [-0.4, -0.2) is 63.8 Å². The molecule has 1 aromatic carbocycles. The van der Waals surface area contributed by atoms with Gasteiger partial charge in [-0.25, -0.2) is 4.98 Å². The molecule has 9 nitrogen and oxygen atoms in total. The van der Waals surface area contributed by atoms with Gasteiger partial charge in [0.25, 0.3) is 5.56 Å². The van der Waals surface area contributed by atoms with Crippen molar-refractivity contribution in [2.75, 3.05) is 32.1 Å². The Kier molecular flexibility index (Phi) is 5.60. The van der Waals surface area contributed by atoms with E-state index in [0.717, 1.165) is 12.2 Å². The van der Waals surface area contributed by atoms with Crippen LogP contribution in [0.5, 0.6) is 5.88 Å². The number of para-hydroxylation sites is 1. The number of carbonyl (C=O) groups is 1. The molecule has 1 aliphatic rings. The van der Waals surface area contributed by atoms with Gasteiger partial charge in [-0.3, -0.25) is 14.2 Å². The Morgan fingerprint density at radius 1 is 1.20 bits per heavy atom. The molecule has 1 unspecified atom stereocenters. The van der Waals surface area contributed by atoms with E-state index in [-0.39, 0.29) is 24.0 Å². The van der Waals surface area contributed by atoms with Gasteiger partial charge in [-0.15, -0.1) is 10.2 Å². The van der Waals surface area contributed by atoms with E-state index in [1.807, 2.05) is 37.2 Å². The highest BCUT2D eigenvalue weighted by Gasteiger charge is 2.27. The first-order valence-corrected chi connectivity index (χ1v) is 9.91. The van der Waals surface area contributed by atoms with Gasteiger partial charge >= 0.3 is 0 Å². The number of nitrogens with zero attached hydrogens (tertiary/aromatic N) is 6. The Morgan fingerprint density at radius 2 is 2.03 bits per heavy atom. The van der Waals surface area contributed by atoms with E-state index in [1.54, 1.807) is 23.1 Å². The number of fused-ring (bicyclic) bond motifs is 1. The molecule has 3 heterocycles. The monoisotopic (exact) mass is 408 g/mol. The standard InChI is InChI=1S/C21H24N6O3/c1-25(2)18-7-8-19(24-23-18)30-15-9-11-26(13-15)20(28)10-12-27-14-22-17-6-4-3-5-16(17)21(27)29/h3-8,14-15H,9-13H2,1-2H3. The summed E-state index contributed by atoms with van der Waals surface area (Å²) in [7, 11) is 3.79. The Balaban J connectivity index is 1.32. The van der Waals surface area contributed by atoms with Gasteiger partial charge in [-0.2, -0.15) is 0 Å². The molecule has 1 fully saturated rings. The van der Waals surface area contributed by atoms with Gasteiger partial charge < -0.3 is 14.5 Å². The number of aromatic nitrogens is 4. The minimum Gasteiger partial charge on any atom is -0.471 e. The number of likely N-dealkylation sites (tertiary alicyclic amines) is 1. The third-order valence-electron chi connectivity index (χ3n) is 5.17. The van der Waals surface area contributed by atoms with E-state index in [9.17, 15) is 9.59 Å². The zero-order valence-corrected chi connectivity index (χ0v) is 17.1. The third kappa shape index (κ3) is 4.24. The number of hydrogen-bond donors (Lipinski definition) is 0. The Hall–Kier alpha value is -3.49. The summed E-state index contributed by atoms with van der Waals surface area (Å²) in [6, 6.07) is 10.8. The van der Waals surface area contributed by atoms with Gasteiger partial charge in [0.1, 0.15) is 6.10 Å². The van der Waals surface area contributed by atoms with Gasteiger partial charge in [0.15, 0.2) is 5.82 Å². The predicted octanol–water partition coefficient (Wildman–Crippen LogP) is 1.32. The van der Waals surface area contributed by atoms with Crippen LogP contribution in [-0.2, 0) is 11.3 Å². The summed E-state index contributed by atoms with van der Waals surface area (Å²) in [6.07, 6.45) is 2.37. The second-order valence-electron chi connectivity index (χ2n) is 7.50. The molecule has 30 heavy (non-hydrogen) atoms. The number of rotatable bonds is 6. The minimum absolute atomic E-state index is 0.00445. The van der Waals surface area contributed by atoms with Crippen LogP contribution in [0.2, 0.25) is 0 Å².